The smallest absolute Gasteiger partial charge is 0.323 e. The van der Waals surface area contributed by atoms with E-state index in [1.54, 1.807) is 14.0 Å². The van der Waals surface area contributed by atoms with E-state index in [-0.39, 0.29) is 11.9 Å². The zero-order valence-electron chi connectivity index (χ0n) is 9.93. The lowest BCUT2D eigenvalue weighted by molar-refractivity contribution is -0.144. The van der Waals surface area contributed by atoms with E-state index in [0.717, 1.165) is 0 Å². The van der Waals surface area contributed by atoms with Gasteiger partial charge in [-0.05, 0) is 20.4 Å². The molecule has 3 unspecified atom stereocenters. The molecule has 0 amide bonds. The van der Waals surface area contributed by atoms with Gasteiger partial charge in [0.15, 0.2) is 0 Å². The number of aliphatic hydroxyl groups is 2. The average Bonchev–Trinajstić information content (AvgIpc) is 2.25. The number of hydrogen-bond donors (Lipinski definition) is 4. The molecule has 16 heavy (non-hydrogen) atoms. The number of rotatable bonds is 8. The zero-order chi connectivity index (χ0) is 12.8. The Morgan fingerprint density at radius 3 is 2.50 bits per heavy atom. The van der Waals surface area contributed by atoms with E-state index in [1.807, 2.05) is 6.92 Å². The van der Waals surface area contributed by atoms with Crippen LogP contribution in [0, 0.1) is 0 Å². The molecule has 0 fully saturated rings. The molecule has 0 saturated heterocycles. The van der Waals surface area contributed by atoms with E-state index in [9.17, 15) is 4.79 Å². The molecule has 0 aromatic heterocycles. The van der Waals surface area contributed by atoms with Crippen molar-refractivity contribution in [2.45, 2.75) is 37.2 Å². The molecule has 6 heteroatoms. The molecule has 0 aliphatic heterocycles. The Morgan fingerprint density at radius 2 is 2.12 bits per heavy atom. The van der Waals surface area contributed by atoms with Crippen LogP contribution < -0.4 is 5.32 Å². The Bertz CT molecular complexity index is 227. The standard InChI is InChI=1S/C10H21NO4S/c1-7(16-6-8(13)5-12)4-10(2,11-3)9(14)15/h7-8,11-13H,4-6H2,1-3H3,(H,14,15). The van der Waals surface area contributed by atoms with Gasteiger partial charge in [-0.25, -0.2) is 0 Å². The molecule has 0 aromatic rings. The first-order valence-corrected chi connectivity index (χ1v) is 6.23. The average molecular weight is 251 g/mol. The Labute approximate surface area is 100 Å². The van der Waals surface area contributed by atoms with Crippen molar-refractivity contribution >= 4 is 17.7 Å². The van der Waals surface area contributed by atoms with Gasteiger partial charge in [0.1, 0.15) is 5.54 Å². The summed E-state index contributed by atoms with van der Waals surface area (Å²) in [5.74, 6) is -0.470. The number of hydrogen-bond acceptors (Lipinski definition) is 5. The van der Waals surface area contributed by atoms with E-state index in [2.05, 4.69) is 5.32 Å². The lowest BCUT2D eigenvalue weighted by atomic mass is 9.96. The van der Waals surface area contributed by atoms with Gasteiger partial charge in [0.2, 0.25) is 0 Å². The Balaban J connectivity index is 4.11. The van der Waals surface area contributed by atoms with E-state index < -0.39 is 17.6 Å². The van der Waals surface area contributed by atoms with Crippen LogP contribution in [-0.4, -0.2) is 57.6 Å². The van der Waals surface area contributed by atoms with Gasteiger partial charge >= 0.3 is 5.97 Å². The third kappa shape index (κ3) is 5.16. The van der Waals surface area contributed by atoms with Gasteiger partial charge in [-0.15, -0.1) is 0 Å². The zero-order valence-corrected chi connectivity index (χ0v) is 10.8. The SMILES string of the molecule is CNC(C)(CC(C)SCC(O)CO)C(=O)O. The summed E-state index contributed by atoms with van der Waals surface area (Å²) in [6, 6.07) is 0. The summed E-state index contributed by atoms with van der Waals surface area (Å²) in [6.07, 6.45) is -0.278. The molecule has 0 aromatic carbocycles. The molecule has 4 N–H and O–H groups in total. The highest BCUT2D eigenvalue weighted by molar-refractivity contribution is 7.99. The van der Waals surface area contributed by atoms with Crippen molar-refractivity contribution in [2.24, 2.45) is 0 Å². The van der Waals surface area contributed by atoms with Crippen LogP contribution in [0.15, 0.2) is 0 Å². The number of carbonyl (C=O) groups is 1. The molecule has 0 aliphatic rings. The first kappa shape index (κ1) is 15.7. The highest BCUT2D eigenvalue weighted by Gasteiger charge is 2.32. The Kier molecular flexibility index (Phi) is 6.98. The van der Waals surface area contributed by atoms with Crippen LogP contribution in [0.4, 0.5) is 0 Å². The number of aliphatic hydroxyl groups excluding tert-OH is 2. The monoisotopic (exact) mass is 251 g/mol. The van der Waals surface area contributed by atoms with Gasteiger partial charge in [0.25, 0.3) is 0 Å². The molecule has 96 valence electrons. The van der Waals surface area contributed by atoms with Gasteiger partial charge in [0.05, 0.1) is 12.7 Å². The van der Waals surface area contributed by atoms with E-state index >= 15 is 0 Å². The predicted molar refractivity (Wildman–Crippen MR) is 64.7 cm³/mol. The minimum absolute atomic E-state index is 0.0924. The normalized spacial score (nSPS) is 18.8. The van der Waals surface area contributed by atoms with E-state index in [0.29, 0.717) is 12.2 Å². The molecule has 0 heterocycles. The second kappa shape index (κ2) is 7.11. The summed E-state index contributed by atoms with van der Waals surface area (Å²) < 4.78 is 0. The number of thioether (sulfide) groups is 1. The second-order valence-electron chi connectivity index (χ2n) is 4.07. The molecule has 5 nitrogen and oxygen atoms in total. The molecule has 0 radical (unpaired) electrons. The molecule has 0 saturated carbocycles. The quantitative estimate of drug-likeness (QED) is 0.482. The number of aliphatic carboxylic acids is 1. The summed E-state index contributed by atoms with van der Waals surface area (Å²) in [5, 5.41) is 29.7. The Hall–Kier alpha value is -0.300. The van der Waals surface area contributed by atoms with Gasteiger partial charge in [-0.1, -0.05) is 6.92 Å². The van der Waals surface area contributed by atoms with Crippen LogP contribution in [0.2, 0.25) is 0 Å². The van der Waals surface area contributed by atoms with Crippen LogP contribution in [0.3, 0.4) is 0 Å². The molecule has 3 atom stereocenters. The van der Waals surface area contributed by atoms with E-state index in [1.165, 1.54) is 11.8 Å². The third-order valence-corrected chi connectivity index (χ3v) is 3.82. The first-order valence-electron chi connectivity index (χ1n) is 5.18. The second-order valence-corrected chi connectivity index (χ2v) is 5.54. The minimum atomic E-state index is -0.948. The lowest BCUT2D eigenvalue weighted by Gasteiger charge is -2.27. The molecular weight excluding hydrogens is 230 g/mol. The van der Waals surface area contributed by atoms with Crippen molar-refractivity contribution < 1.29 is 20.1 Å². The van der Waals surface area contributed by atoms with Gasteiger partial charge < -0.3 is 20.6 Å². The maximum absolute atomic E-state index is 11.0. The summed E-state index contributed by atoms with van der Waals surface area (Å²) in [6.45, 7) is 3.28. The predicted octanol–water partition coefficient (Wildman–Crippen LogP) is -0.0859. The van der Waals surface area contributed by atoms with Crippen LogP contribution in [-0.2, 0) is 4.79 Å². The van der Waals surface area contributed by atoms with Crippen molar-refractivity contribution in [3.8, 4) is 0 Å². The van der Waals surface area contributed by atoms with Gasteiger partial charge in [0, 0.05) is 11.0 Å². The first-order chi connectivity index (χ1) is 7.35. The van der Waals surface area contributed by atoms with Crippen molar-refractivity contribution in [1.29, 1.82) is 0 Å². The highest BCUT2D eigenvalue weighted by atomic mass is 32.2. The van der Waals surface area contributed by atoms with Gasteiger partial charge in [-0.2, -0.15) is 11.8 Å². The summed E-state index contributed by atoms with van der Waals surface area (Å²) in [4.78, 5) is 11.0. The molecule has 0 bridgehead atoms. The minimum Gasteiger partial charge on any atom is -0.480 e. The maximum Gasteiger partial charge on any atom is 0.323 e. The number of carboxylic acid groups (broad SMARTS) is 1. The van der Waals surface area contributed by atoms with Crippen molar-refractivity contribution in [2.75, 3.05) is 19.4 Å². The number of nitrogens with one attached hydrogen (secondary N) is 1. The van der Waals surface area contributed by atoms with Crippen LogP contribution in [0.1, 0.15) is 20.3 Å². The van der Waals surface area contributed by atoms with Crippen molar-refractivity contribution in [3.05, 3.63) is 0 Å². The number of carboxylic acids is 1. The molecule has 0 spiro atoms. The summed E-state index contributed by atoms with van der Waals surface area (Å²) in [5.41, 5.74) is -0.948. The van der Waals surface area contributed by atoms with Crippen LogP contribution >= 0.6 is 11.8 Å². The number of likely N-dealkylation sites (N-methyl/N-ethyl adjacent to an activating group) is 1. The van der Waals surface area contributed by atoms with Gasteiger partial charge in [-0.3, -0.25) is 4.79 Å². The lowest BCUT2D eigenvalue weighted by Crippen LogP contribution is -2.49. The largest absolute Gasteiger partial charge is 0.480 e. The highest BCUT2D eigenvalue weighted by Crippen LogP contribution is 2.22. The fourth-order valence-corrected chi connectivity index (χ4v) is 2.37. The molecule has 0 aliphatic carbocycles. The van der Waals surface area contributed by atoms with Crippen LogP contribution in [0.5, 0.6) is 0 Å². The maximum atomic E-state index is 11.0. The third-order valence-electron chi connectivity index (χ3n) is 2.50. The van der Waals surface area contributed by atoms with Crippen molar-refractivity contribution in [3.63, 3.8) is 0 Å². The molecule has 0 rings (SSSR count). The van der Waals surface area contributed by atoms with Crippen molar-refractivity contribution in [1.82, 2.24) is 5.32 Å². The van der Waals surface area contributed by atoms with Crippen LogP contribution in [0.25, 0.3) is 0 Å². The summed E-state index contributed by atoms with van der Waals surface area (Å²) >= 11 is 1.46. The fraction of sp³-hybridized carbons (Fsp3) is 0.900. The molecular formula is C10H21NO4S. The topological polar surface area (TPSA) is 89.8 Å². The summed E-state index contributed by atoms with van der Waals surface area (Å²) in [7, 11) is 1.62. The fourth-order valence-electron chi connectivity index (χ4n) is 1.26. The Morgan fingerprint density at radius 1 is 1.56 bits per heavy atom. The van der Waals surface area contributed by atoms with E-state index in [4.69, 9.17) is 15.3 Å².